The Balaban J connectivity index is 3.32. The van der Waals surface area contributed by atoms with E-state index in [2.05, 4.69) is 9.50 Å². The topological polar surface area (TPSA) is 189 Å². The van der Waals surface area contributed by atoms with Crippen molar-refractivity contribution in [3.05, 3.63) is 0 Å². The van der Waals surface area contributed by atoms with E-state index in [0.29, 0.717) is 12.5 Å². The second kappa shape index (κ2) is 8.64. The lowest BCUT2D eigenvalue weighted by Gasteiger charge is -2.43. The molecule has 1 amide bonds. The van der Waals surface area contributed by atoms with Gasteiger partial charge in [-0.25, -0.2) is 0 Å². The van der Waals surface area contributed by atoms with Crippen molar-refractivity contribution < 1.29 is 52.4 Å². The molecule has 0 unspecified atom stereocenters. The van der Waals surface area contributed by atoms with E-state index in [1.54, 1.807) is 0 Å². The summed E-state index contributed by atoms with van der Waals surface area (Å²) >= 11 is 0. The Morgan fingerprint density at radius 1 is 0.963 bits per heavy atom. The van der Waals surface area contributed by atoms with Gasteiger partial charge in [0.25, 0.3) is 30.4 Å². The van der Waals surface area contributed by atoms with Gasteiger partial charge in [0.2, 0.25) is 5.91 Å². The summed E-state index contributed by atoms with van der Waals surface area (Å²) in [5.74, 6) is -0.735. The number of aliphatic hydroxyl groups excluding tert-OH is 1. The molecule has 0 aromatic rings. The van der Waals surface area contributed by atoms with Crippen LogP contribution in [0.2, 0.25) is 0 Å². The molecule has 0 spiro atoms. The molecule has 2 N–H and O–H groups in total. The molecule has 16 heteroatoms. The summed E-state index contributed by atoms with van der Waals surface area (Å²) in [6.07, 6.45) is -4.88. The maximum atomic E-state index is 11.6. The minimum absolute atomic E-state index is 0.663. The number of hydrogen-bond acceptors (Lipinski definition) is 12. The second-order valence-corrected chi connectivity index (χ2v) is 10.7. The minimum atomic E-state index is -4.19. The van der Waals surface area contributed by atoms with Gasteiger partial charge in [-0.3, -0.25) is 17.3 Å². The lowest BCUT2D eigenvalue weighted by Crippen LogP contribution is -2.66. The molecule has 5 atom stereocenters. The van der Waals surface area contributed by atoms with Gasteiger partial charge in [-0.1, -0.05) is 0 Å². The average molecular weight is 455 g/mol. The molecule has 0 aromatic heterocycles. The third kappa shape index (κ3) is 8.77. The van der Waals surface area contributed by atoms with Gasteiger partial charge in [-0.2, -0.15) is 25.3 Å². The first kappa shape index (κ1) is 24.2. The van der Waals surface area contributed by atoms with E-state index in [0.717, 1.165) is 13.2 Å². The Hall–Kier alpha value is -0.880. The zero-order valence-corrected chi connectivity index (χ0v) is 17.2. The van der Waals surface area contributed by atoms with Crippen LogP contribution in [0.1, 0.15) is 6.92 Å². The van der Waals surface area contributed by atoms with Crippen molar-refractivity contribution in [3.8, 4) is 0 Å². The molecule has 0 bridgehead atoms. The summed E-state index contributed by atoms with van der Waals surface area (Å²) in [7, 11) is -12.3. The molecule has 160 valence electrons. The highest BCUT2D eigenvalue weighted by Gasteiger charge is 2.50. The van der Waals surface area contributed by atoms with Crippen molar-refractivity contribution in [1.82, 2.24) is 5.32 Å². The zero-order chi connectivity index (χ0) is 21.2. The highest BCUT2D eigenvalue weighted by Crippen LogP contribution is 2.27. The van der Waals surface area contributed by atoms with Crippen LogP contribution in [-0.4, -0.2) is 92.3 Å². The van der Waals surface area contributed by atoms with Crippen LogP contribution in [0.5, 0.6) is 0 Å². The number of aliphatic hydroxyl groups is 1. The number of amides is 1. The van der Waals surface area contributed by atoms with Crippen molar-refractivity contribution in [2.24, 2.45) is 0 Å². The van der Waals surface area contributed by atoms with Gasteiger partial charge in [0.15, 0.2) is 12.4 Å². The summed E-state index contributed by atoms with van der Waals surface area (Å²) in [5.41, 5.74) is 0. The maximum absolute atomic E-state index is 11.6. The minimum Gasteiger partial charge on any atom is -0.366 e. The first-order chi connectivity index (χ1) is 12.0. The van der Waals surface area contributed by atoms with Crippen molar-refractivity contribution >= 4 is 36.3 Å². The third-order valence-corrected chi connectivity index (χ3v) is 4.77. The maximum Gasteiger partial charge on any atom is 0.264 e. The molecule has 0 aliphatic carbocycles. The van der Waals surface area contributed by atoms with Gasteiger partial charge in [0.05, 0.1) is 31.4 Å². The fourth-order valence-electron chi connectivity index (χ4n) is 2.29. The van der Waals surface area contributed by atoms with Crippen LogP contribution in [0.25, 0.3) is 0 Å². The molecule has 1 fully saturated rings. The molecule has 1 aliphatic heterocycles. The quantitative estimate of drug-likeness (QED) is 0.351. The molecule has 13 nitrogen and oxygen atoms in total. The first-order valence-corrected chi connectivity index (χ1v) is 12.6. The Kier molecular flexibility index (Phi) is 7.73. The number of carbonyl (C=O) groups excluding carboxylic acids is 1. The van der Waals surface area contributed by atoms with Gasteiger partial charge in [-0.15, -0.1) is 0 Å². The Labute approximate surface area is 157 Å². The van der Waals surface area contributed by atoms with Gasteiger partial charge in [-0.05, 0) is 0 Å². The van der Waals surface area contributed by atoms with Crippen LogP contribution < -0.4 is 5.32 Å². The zero-order valence-electron chi connectivity index (χ0n) is 14.8. The SMILES string of the molecule is CC(=O)N[C@@H]1[C@@H](OS(C)(=O)=O)[C@H](O)O[C@H](COS(C)(=O)=O)[C@H]1OS(C)(=O)=O. The molecule has 1 rings (SSSR count). The molecule has 0 aromatic carbocycles. The summed E-state index contributed by atoms with van der Waals surface area (Å²) in [5, 5.41) is 12.3. The third-order valence-electron chi connectivity index (χ3n) is 3.06. The van der Waals surface area contributed by atoms with Crippen molar-refractivity contribution in [2.75, 3.05) is 25.4 Å². The van der Waals surface area contributed by atoms with Gasteiger partial charge in [0, 0.05) is 6.92 Å². The molecule has 1 heterocycles. The van der Waals surface area contributed by atoms with Gasteiger partial charge < -0.3 is 15.2 Å². The smallest absolute Gasteiger partial charge is 0.264 e. The number of nitrogens with one attached hydrogen (secondary N) is 1. The number of rotatable bonds is 8. The van der Waals surface area contributed by atoms with Crippen molar-refractivity contribution in [2.45, 2.75) is 37.6 Å². The Morgan fingerprint density at radius 3 is 1.85 bits per heavy atom. The van der Waals surface area contributed by atoms with Crippen LogP contribution in [0.3, 0.4) is 0 Å². The summed E-state index contributed by atoms with van der Waals surface area (Å²) in [6.45, 7) is 0.261. The van der Waals surface area contributed by atoms with E-state index in [1.165, 1.54) is 0 Å². The molecule has 0 radical (unpaired) electrons. The Bertz CT molecular complexity index is 849. The first-order valence-electron chi connectivity index (χ1n) is 7.20. The van der Waals surface area contributed by atoms with Crippen LogP contribution >= 0.6 is 0 Å². The highest BCUT2D eigenvalue weighted by molar-refractivity contribution is 7.86. The lowest BCUT2D eigenvalue weighted by molar-refractivity contribution is -0.248. The monoisotopic (exact) mass is 455 g/mol. The predicted molar refractivity (Wildman–Crippen MR) is 88.7 cm³/mol. The van der Waals surface area contributed by atoms with Crippen LogP contribution in [0, 0.1) is 0 Å². The molecule has 27 heavy (non-hydrogen) atoms. The van der Waals surface area contributed by atoms with Crippen LogP contribution in [0.15, 0.2) is 0 Å². The fourth-order valence-corrected chi connectivity index (χ4v) is 3.93. The number of ether oxygens (including phenoxy) is 1. The van der Waals surface area contributed by atoms with E-state index in [1.807, 2.05) is 0 Å². The fraction of sp³-hybridized carbons (Fsp3) is 0.909. The standard InChI is InChI=1S/C11H21NO12S3/c1-6(13)12-8-9(23-26(3,17)18)7(5-21-25(2,15)16)22-11(14)10(8)24-27(4,19)20/h7-11,14H,5H2,1-4H3,(H,12,13)/t7-,8+,9-,10-,11-/m1/s1. The van der Waals surface area contributed by atoms with Crippen molar-refractivity contribution in [3.63, 3.8) is 0 Å². The molecule has 1 aliphatic rings. The van der Waals surface area contributed by atoms with E-state index in [-0.39, 0.29) is 0 Å². The normalized spacial score (nSPS) is 30.0. The second-order valence-electron chi connectivity index (χ2n) is 5.81. The lowest BCUT2D eigenvalue weighted by atomic mass is 9.96. The molecular weight excluding hydrogens is 434 g/mol. The molecule has 0 saturated carbocycles. The summed E-state index contributed by atoms with van der Waals surface area (Å²) in [4.78, 5) is 11.5. The number of carbonyl (C=O) groups is 1. The van der Waals surface area contributed by atoms with Crippen LogP contribution in [-0.2, 0) is 52.4 Å². The van der Waals surface area contributed by atoms with Gasteiger partial charge in [0.1, 0.15) is 12.2 Å². The van der Waals surface area contributed by atoms with E-state index in [9.17, 15) is 35.2 Å². The molecular formula is C11H21NO12S3. The van der Waals surface area contributed by atoms with Gasteiger partial charge >= 0.3 is 0 Å². The van der Waals surface area contributed by atoms with Crippen molar-refractivity contribution in [1.29, 1.82) is 0 Å². The van der Waals surface area contributed by atoms with E-state index >= 15 is 0 Å². The predicted octanol–water partition coefficient (Wildman–Crippen LogP) is -3.13. The number of hydrogen-bond donors (Lipinski definition) is 2. The molecule has 1 saturated heterocycles. The van der Waals surface area contributed by atoms with E-state index < -0.39 is 73.5 Å². The average Bonchev–Trinajstić information content (AvgIpc) is 2.40. The summed E-state index contributed by atoms with van der Waals surface area (Å²) < 4.78 is 87.5. The Morgan fingerprint density at radius 2 is 1.44 bits per heavy atom. The van der Waals surface area contributed by atoms with E-state index in [4.69, 9.17) is 13.1 Å². The van der Waals surface area contributed by atoms with Crippen LogP contribution in [0.4, 0.5) is 0 Å². The largest absolute Gasteiger partial charge is 0.366 e. The summed E-state index contributed by atoms with van der Waals surface area (Å²) in [6, 6.07) is -1.54. The highest BCUT2D eigenvalue weighted by atomic mass is 32.2.